The van der Waals surface area contributed by atoms with Gasteiger partial charge in [-0.15, -0.1) is 0 Å². The number of halogens is 2. The smallest absolute Gasteiger partial charge is 0.163 e. The number of carbonyl (C=O) groups is 1. The summed E-state index contributed by atoms with van der Waals surface area (Å²) in [5.41, 5.74) is 1.36. The molecule has 0 saturated heterocycles. The summed E-state index contributed by atoms with van der Waals surface area (Å²) < 4.78 is 0. The molecule has 1 nitrogen and oxygen atoms in total. The Morgan fingerprint density at radius 2 is 1.81 bits per heavy atom. The molecule has 0 saturated carbocycles. The van der Waals surface area contributed by atoms with Crippen molar-refractivity contribution in [1.29, 1.82) is 0 Å². The zero-order valence-electron chi connectivity index (χ0n) is 10.0. The Kier molecular flexibility index (Phi) is 4.03. The highest BCUT2D eigenvalue weighted by Gasteiger charge is 2.24. The number of carbonyl (C=O) groups excluding carboxylic acids is 1. The maximum atomic E-state index is 11.9. The van der Waals surface area contributed by atoms with E-state index in [1.807, 2.05) is 27.7 Å². The minimum absolute atomic E-state index is 0.0781. The van der Waals surface area contributed by atoms with E-state index in [-0.39, 0.29) is 11.2 Å². The van der Waals surface area contributed by atoms with Gasteiger partial charge in [-0.05, 0) is 23.1 Å². The molecule has 0 atom stereocenters. The van der Waals surface area contributed by atoms with Crippen molar-refractivity contribution in [3.05, 3.63) is 33.3 Å². The van der Waals surface area contributed by atoms with Crippen molar-refractivity contribution >= 4 is 29.0 Å². The summed E-state index contributed by atoms with van der Waals surface area (Å²) in [4.78, 5) is 11.9. The molecule has 1 aromatic rings. The summed E-state index contributed by atoms with van der Waals surface area (Å²) >= 11 is 12.1. The second kappa shape index (κ2) is 4.77. The van der Waals surface area contributed by atoms with Crippen molar-refractivity contribution in [3.8, 4) is 0 Å². The third-order valence-corrected chi connectivity index (χ3v) is 2.94. The van der Waals surface area contributed by atoms with Crippen LogP contribution in [0.25, 0.3) is 0 Å². The van der Waals surface area contributed by atoms with Gasteiger partial charge in [0.1, 0.15) is 0 Å². The lowest BCUT2D eigenvalue weighted by Crippen LogP contribution is -2.17. The SMILES string of the molecule is CCC(=O)c1cc(Cl)cc(Cl)c1C(C)(C)C. The standard InChI is InChI=1S/C13H16Cl2O/c1-5-11(16)9-6-8(14)7-10(15)12(9)13(2,3)4/h6-7H,5H2,1-4H3. The van der Waals surface area contributed by atoms with E-state index < -0.39 is 0 Å². The van der Waals surface area contributed by atoms with Crippen molar-refractivity contribution in [2.75, 3.05) is 0 Å². The Balaban J connectivity index is 3.51. The first-order valence-corrected chi connectivity index (χ1v) is 6.05. The zero-order chi connectivity index (χ0) is 12.5. The molecule has 0 heterocycles. The van der Waals surface area contributed by atoms with E-state index >= 15 is 0 Å². The molecular formula is C13H16Cl2O. The third-order valence-electron chi connectivity index (χ3n) is 2.43. The summed E-state index contributed by atoms with van der Waals surface area (Å²) in [5.74, 6) is 0.0781. The Bertz CT molecular complexity index is 417. The van der Waals surface area contributed by atoms with E-state index in [0.29, 0.717) is 22.0 Å². The van der Waals surface area contributed by atoms with Gasteiger partial charge in [-0.25, -0.2) is 0 Å². The number of rotatable bonds is 2. The first-order valence-electron chi connectivity index (χ1n) is 5.30. The van der Waals surface area contributed by atoms with Gasteiger partial charge in [0.15, 0.2) is 5.78 Å². The van der Waals surface area contributed by atoms with Crippen molar-refractivity contribution in [2.45, 2.75) is 39.5 Å². The molecular weight excluding hydrogens is 243 g/mol. The first-order chi connectivity index (χ1) is 7.27. The largest absolute Gasteiger partial charge is 0.294 e. The van der Waals surface area contributed by atoms with Crippen molar-refractivity contribution in [1.82, 2.24) is 0 Å². The van der Waals surface area contributed by atoms with Gasteiger partial charge >= 0.3 is 0 Å². The molecule has 0 aliphatic carbocycles. The predicted molar refractivity (Wildman–Crippen MR) is 69.8 cm³/mol. The Labute approximate surface area is 107 Å². The Morgan fingerprint density at radius 3 is 2.25 bits per heavy atom. The molecule has 0 aromatic heterocycles. The minimum atomic E-state index is -0.165. The van der Waals surface area contributed by atoms with Crippen LogP contribution >= 0.6 is 23.2 Å². The Hall–Kier alpha value is -0.530. The van der Waals surface area contributed by atoms with Gasteiger partial charge in [0, 0.05) is 22.0 Å². The van der Waals surface area contributed by atoms with Gasteiger partial charge in [-0.2, -0.15) is 0 Å². The molecule has 0 radical (unpaired) electrons. The molecule has 0 fully saturated rings. The number of hydrogen-bond acceptors (Lipinski definition) is 1. The van der Waals surface area contributed by atoms with Gasteiger partial charge < -0.3 is 0 Å². The molecule has 1 rings (SSSR count). The van der Waals surface area contributed by atoms with E-state index in [0.717, 1.165) is 5.56 Å². The minimum Gasteiger partial charge on any atom is -0.294 e. The summed E-state index contributed by atoms with van der Waals surface area (Å²) in [7, 11) is 0. The van der Waals surface area contributed by atoms with E-state index in [9.17, 15) is 4.79 Å². The van der Waals surface area contributed by atoms with Gasteiger partial charge in [0.05, 0.1) is 0 Å². The highest BCUT2D eigenvalue weighted by Crippen LogP contribution is 2.35. The van der Waals surface area contributed by atoms with Gasteiger partial charge in [0.25, 0.3) is 0 Å². The number of benzene rings is 1. The summed E-state index contributed by atoms with van der Waals surface area (Å²) in [6, 6.07) is 3.40. The van der Waals surface area contributed by atoms with Crippen LogP contribution in [0.15, 0.2) is 12.1 Å². The Morgan fingerprint density at radius 1 is 1.25 bits per heavy atom. The average molecular weight is 259 g/mol. The van der Waals surface area contributed by atoms with Gasteiger partial charge in [-0.3, -0.25) is 4.79 Å². The van der Waals surface area contributed by atoms with E-state index in [2.05, 4.69) is 0 Å². The summed E-state index contributed by atoms with van der Waals surface area (Å²) in [6.45, 7) is 7.95. The lowest BCUT2D eigenvalue weighted by atomic mass is 9.82. The molecule has 0 aliphatic heterocycles. The molecule has 0 amide bonds. The van der Waals surface area contributed by atoms with Crippen LogP contribution in [-0.4, -0.2) is 5.78 Å². The van der Waals surface area contributed by atoms with E-state index in [1.54, 1.807) is 12.1 Å². The normalized spacial score (nSPS) is 11.6. The molecule has 88 valence electrons. The maximum Gasteiger partial charge on any atom is 0.163 e. The van der Waals surface area contributed by atoms with Crippen LogP contribution in [0.3, 0.4) is 0 Å². The lowest BCUT2D eigenvalue weighted by molar-refractivity contribution is 0.0986. The summed E-state index contributed by atoms with van der Waals surface area (Å²) in [6.07, 6.45) is 0.458. The molecule has 0 bridgehead atoms. The first kappa shape index (κ1) is 13.5. The van der Waals surface area contributed by atoms with Crippen LogP contribution in [0, 0.1) is 0 Å². The molecule has 16 heavy (non-hydrogen) atoms. The fourth-order valence-electron chi connectivity index (χ4n) is 1.75. The van der Waals surface area contributed by atoms with Crippen LogP contribution < -0.4 is 0 Å². The number of hydrogen-bond donors (Lipinski definition) is 0. The van der Waals surface area contributed by atoms with Crippen LogP contribution in [-0.2, 0) is 5.41 Å². The topological polar surface area (TPSA) is 17.1 Å². The molecule has 0 unspecified atom stereocenters. The van der Waals surface area contributed by atoms with Crippen molar-refractivity contribution in [2.24, 2.45) is 0 Å². The van der Waals surface area contributed by atoms with E-state index in [1.165, 1.54) is 0 Å². The van der Waals surface area contributed by atoms with Crippen LogP contribution in [0.5, 0.6) is 0 Å². The second-order valence-electron chi connectivity index (χ2n) is 4.84. The van der Waals surface area contributed by atoms with Crippen molar-refractivity contribution in [3.63, 3.8) is 0 Å². The average Bonchev–Trinajstić information content (AvgIpc) is 2.12. The van der Waals surface area contributed by atoms with Crippen LogP contribution in [0.1, 0.15) is 50.0 Å². The highest BCUT2D eigenvalue weighted by atomic mass is 35.5. The van der Waals surface area contributed by atoms with Gasteiger partial charge in [0.2, 0.25) is 0 Å². The second-order valence-corrected chi connectivity index (χ2v) is 5.68. The monoisotopic (exact) mass is 258 g/mol. The zero-order valence-corrected chi connectivity index (χ0v) is 11.5. The third kappa shape index (κ3) is 2.78. The fraction of sp³-hybridized carbons (Fsp3) is 0.462. The maximum absolute atomic E-state index is 11.9. The predicted octanol–water partition coefficient (Wildman–Crippen LogP) is 4.88. The van der Waals surface area contributed by atoms with Gasteiger partial charge in [-0.1, -0.05) is 50.9 Å². The summed E-state index contributed by atoms with van der Waals surface area (Å²) in [5, 5.41) is 1.08. The quantitative estimate of drug-likeness (QED) is 0.691. The van der Waals surface area contributed by atoms with Crippen LogP contribution in [0.2, 0.25) is 10.0 Å². The molecule has 0 spiro atoms. The molecule has 0 N–H and O–H groups in total. The number of Topliss-reactive ketones (excluding diaryl/α,β-unsaturated/α-hetero) is 1. The molecule has 3 heteroatoms. The fourth-order valence-corrected chi connectivity index (χ4v) is 2.52. The van der Waals surface area contributed by atoms with E-state index in [4.69, 9.17) is 23.2 Å². The number of ketones is 1. The van der Waals surface area contributed by atoms with Crippen molar-refractivity contribution < 1.29 is 4.79 Å². The van der Waals surface area contributed by atoms with Crippen LogP contribution in [0.4, 0.5) is 0 Å². The molecule has 1 aromatic carbocycles. The lowest BCUT2D eigenvalue weighted by Gasteiger charge is -2.24. The highest BCUT2D eigenvalue weighted by molar-refractivity contribution is 6.36. The molecule has 0 aliphatic rings.